The summed E-state index contributed by atoms with van der Waals surface area (Å²) >= 11 is 0. The smallest absolute Gasteiger partial charge is 0.166 e. The van der Waals surface area contributed by atoms with Gasteiger partial charge in [0.05, 0.1) is 18.0 Å². The highest BCUT2D eigenvalue weighted by Gasteiger charge is 2.15. The van der Waals surface area contributed by atoms with Crippen LogP contribution in [0.4, 0.5) is 0 Å². The van der Waals surface area contributed by atoms with Gasteiger partial charge in [-0.05, 0) is 32.9 Å². The molecule has 0 fully saturated rings. The van der Waals surface area contributed by atoms with Gasteiger partial charge in [0.25, 0.3) is 0 Å². The second-order valence-corrected chi connectivity index (χ2v) is 4.10. The van der Waals surface area contributed by atoms with Gasteiger partial charge in [-0.1, -0.05) is 0 Å². The van der Waals surface area contributed by atoms with Gasteiger partial charge in [0, 0.05) is 6.20 Å². The molecule has 0 spiro atoms. The summed E-state index contributed by atoms with van der Waals surface area (Å²) in [7, 11) is 0. The van der Waals surface area contributed by atoms with Crippen LogP contribution in [0, 0.1) is 0 Å². The predicted octanol–water partition coefficient (Wildman–Crippen LogP) is 2.15. The minimum atomic E-state index is -0.0993. The Morgan fingerprint density at radius 1 is 1.29 bits per heavy atom. The van der Waals surface area contributed by atoms with E-state index in [4.69, 9.17) is 4.74 Å². The molecule has 0 aliphatic carbocycles. The van der Waals surface area contributed by atoms with Gasteiger partial charge in [-0.2, -0.15) is 0 Å². The van der Waals surface area contributed by atoms with Gasteiger partial charge < -0.3 is 4.74 Å². The van der Waals surface area contributed by atoms with Crippen LogP contribution in [0.25, 0.3) is 5.69 Å². The van der Waals surface area contributed by atoms with Crippen molar-refractivity contribution < 1.29 is 4.74 Å². The van der Waals surface area contributed by atoms with Crippen molar-refractivity contribution in [3.8, 4) is 5.69 Å². The Bertz CT molecular complexity index is 466. The molecule has 5 heteroatoms. The molecule has 0 aliphatic heterocycles. The predicted molar refractivity (Wildman–Crippen MR) is 63.8 cm³/mol. The molecule has 0 amide bonds. The molecule has 0 saturated heterocycles. The molecule has 0 aromatic carbocycles. The van der Waals surface area contributed by atoms with Crippen molar-refractivity contribution >= 4 is 0 Å². The Kier molecular flexibility index (Phi) is 3.49. The topological polar surface area (TPSA) is 52.8 Å². The molecule has 0 aliphatic rings. The van der Waals surface area contributed by atoms with E-state index in [9.17, 15) is 0 Å². The van der Waals surface area contributed by atoms with Gasteiger partial charge in [0.15, 0.2) is 5.82 Å². The van der Waals surface area contributed by atoms with E-state index < -0.39 is 0 Å². The average Bonchev–Trinajstić information content (AvgIpc) is 2.78. The number of aromatic nitrogens is 4. The second kappa shape index (κ2) is 5.05. The Balaban J connectivity index is 2.29. The van der Waals surface area contributed by atoms with E-state index >= 15 is 0 Å². The maximum atomic E-state index is 5.71. The third-order valence-corrected chi connectivity index (χ3v) is 2.34. The lowest BCUT2D eigenvalue weighted by molar-refractivity contribution is 0.0119. The first-order valence-corrected chi connectivity index (χ1v) is 5.64. The number of nitrogens with zero attached hydrogens (tertiary/aromatic N) is 4. The van der Waals surface area contributed by atoms with E-state index in [1.165, 1.54) is 0 Å². The highest BCUT2D eigenvalue weighted by atomic mass is 16.5. The number of hydrogen-bond donors (Lipinski definition) is 0. The van der Waals surface area contributed by atoms with Gasteiger partial charge in [0.1, 0.15) is 12.4 Å². The molecule has 1 unspecified atom stereocenters. The van der Waals surface area contributed by atoms with Gasteiger partial charge in [0.2, 0.25) is 0 Å². The summed E-state index contributed by atoms with van der Waals surface area (Å²) in [5.74, 6) is 0.784. The van der Waals surface area contributed by atoms with Gasteiger partial charge in [-0.15, -0.1) is 10.2 Å². The van der Waals surface area contributed by atoms with Crippen LogP contribution < -0.4 is 0 Å². The first kappa shape index (κ1) is 11.7. The van der Waals surface area contributed by atoms with Crippen molar-refractivity contribution in [1.29, 1.82) is 0 Å². The fourth-order valence-corrected chi connectivity index (χ4v) is 1.69. The first-order valence-electron chi connectivity index (χ1n) is 5.64. The minimum absolute atomic E-state index is 0.0993. The van der Waals surface area contributed by atoms with Gasteiger partial charge in [-0.3, -0.25) is 9.55 Å². The Morgan fingerprint density at radius 2 is 2.12 bits per heavy atom. The van der Waals surface area contributed by atoms with E-state index in [2.05, 4.69) is 15.2 Å². The number of hydrogen-bond acceptors (Lipinski definition) is 4. The largest absolute Gasteiger partial charge is 0.368 e. The lowest BCUT2D eigenvalue weighted by Crippen LogP contribution is -2.12. The summed E-state index contributed by atoms with van der Waals surface area (Å²) in [6.07, 6.45) is 5.24. The minimum Gasteiger partial charge on any atom is -0.368 e. The lowest BCUT2D eigenvalue weighted by atomic mass is 10.3. The Hall–Kier alpha value is -1.75. The van der Waals surface area contributed by atoms with Crippen LogP contribution in [0.2, 0.25) is 0 Å². The van der Waals surface area contributed by atoms with Crippen molar-refractivity contribution in [3.63, 3.8) is 0 Å². The molecule has 17 heavy (non-hydrogen) atoms. The van der Waals surface area contributed by atoms with Crippen LogP contribution in [0.15, 0.2) is 30.9 Å². The summed E-state index contributed by atoms with van der Waals surface area (Å²) in [5, 5.41) is 8.04. The summed E-state index contributed by atoms with van der Waals surface area (Å²) < 4.78 is 7.60. The summed E-state index contributed by atoms with van der Waals surface area (Å²) in [5.41, 5.74) is 0.937. The van der Waals surface area contributed by atoms with Crippen LogP contribution in [0.5, 0.6) is 0 Å². The molecule has 2 heterocycles. The highest BCUT2D eigenvalue weighted by molar-refractivity contribution is 5.28. The van der Waals surface area contributed by atoms with Crippen molar-refractivity contribution in [2.45, 2.75) is 33.0 Å². The van der Waals surface area contributed by atoms with E-state index in [1.807, 2.05) is 37.5 Å². The fraction of sp³-hybridized carbons (Fsp3) is 0.417. The van der Waals surface area contributed by atoms with E-state index in [0.29, 0.717) is 0 Å². The number of ether oxygens (including phenoxy) is 1. The second-order valence-electron chi connectivity index (χ2n) is 4.10. The zero-order chi connectivity index (χ0) is 12.3. The molecule has 0 bridgehead atoms. The van der Waals surface area contributed by atoms with Gasteiger partial charge in [-0.25, -0.2) is 0 Å². The number of pyridine rings is 1. The third-order valence-electron chi connectivity index (χ3n) is 2.34. The highest BCUT2D eigenvalue weighted by Crippen LogP contribution is 2.18. The van der Waals surface area contributed by atoms with Crippen LogP contribution in [0.1, 0.15) is 32.7 Å². The van der Waals surface area contributed by atoms with Crippen molar-refractivity contribution in [1.82, 2.24) is 19.7 Å². The molecule has 2 aromatic heterocycles. The molecule has 90 valence electrons. The quantitative estimate of drug-likeness (QED) is 0.810. The zero-order valence-corrected chi connectivity index (χ0v) is 10.2. The molecule has 5 nitrogen and oxygen atoms in total. The number of rotatable bonds is 4. The third kappa shape index (κ3) is 2.68. The van der Waals surface area contributed by atoms with Gasteiger partial charge >= 0.3 is 0 Å². The van der Waals surface area contributed by atoms with Crippen molar-refractivity contribution in [3.05, 3.63) is 36.7 Å². The molecule has 0 radical (unpaired) electrons. The first-order chi connectivity index (χ1) is 8.18. The molecular weight excluding hydrogens is 216 g/mol. The van der Waals surface area contributed by atoms with E-state index in [0.717, 1.165) is 11.5 Å². The molecule has 2 rings (SSSR count). The summed E-state index contributed by atoms with van der Waals surface area (Å²) in [4.78, 5) is 4.08. The summed E-state index contributed by atoms with van der Waals surface area (Å²) in [6.45, 7) is 5.97. The van der Waals surface area contributed by atoms with E-state index in [1.54, 1.807) is 18.7 Å². The maximum Gasteiger partial charge on any atom is 0.166 e. The van der Waals surface area contributed by atoms with Crippen molar-refractivity contribution in [2.24, 2.45) is 0 Å². The fourth-order valence-electron chi connectivity index (χ4n) is 1.69. The monoisotopic (exact) mass is 232 g/mol. The Morgan fingerprint density at radius 3 is 2.76 bits per heavy atom. The average molecular weight is 232 g/mol. The normalized spacial score (nSPS) is 12.9. The SMILES string of the molecule is CC(C)OC(C)c1nncn1-c1cccnc1. The van der Waals surface area contributed by atoms with Crippen LogP contribution in [-0.4, -0.2) is 25.9 Å². The summed E-state index contributed by atoms with van der Waals surface area (Å²) in [6, 6.07) is 3.84. The zero-order valence-electron chi connectivity index (χ0n) is 10.2. The molecule has 0 saturated carbocycles. The molecule has 0 N–H and O–H groups in total. The van der Waals surface area contributed by atoms with Crippen LogP contribution >= 0.6 is 0 Å². The van der Waals surface area contributed by atoms with Crippen LogP contribution in [0.3, 0.4) is 0 Å². The molecular formula is C12H16N4O. The Labute approximate surface area is 100 Å². The standard InChI is InChI=1S/C12H16N4O/c1-9(2)17-10(3)12-15-14-8-16(12)11-5-4-6-13-7-11/h4-10H,1-3H3. The molecule has 1 atom stereocenters. The lowest BCUT2D eigenvalue weighted by Gasteiger charge is -2.16. The van der Waals surface area contributed by atoms with E-state index in [-0.39, 0.29) is 12.2 Å². The maximum absolute atomic E-state index is 5.71. The molecule has 2 aromatic rings. The van der Waals surface area contributed by atoms with Crippen LogP contribution in [-0.2, 0) is 4.74 Å². The van der Waals surface area contributed by atoms with Crippen molar-refractivity contribution in [2.75, 3.05) is 0 Å².